The van der Waals surface area contributed by atoms with Crippen molar-refractivity contribution in [1.82, 2.24) is 4.72 Å². The first-order valence-electron chi connectivity index (χ1n) is 6.70. The highest BCUT2D eigenvalue weighted by Crippen LogP contribution is 2.19. The Labute approximate surface area is 125 Å². The summed E-state index contributed by atoms with van der Waals surface area (Å²) in [5, 5.41) is 2.60. The number of benzene rings is 1. The largest absolute Gasteiger partial charge is 0.326 e. The van der Waals surface area contributed by atoms with Crippen LogP contribution in [-0.4, -0.2) is 20.2 Å². The molecule has 1 rings (SSSR count). The summed E-state index contributed by atoms with van der Waals surface area (Å²) in [7, 11) is -3.87. The average Bonchev–Trinajstić information content (AvgIpc) is 2.37. The van der Waals surface area contributed by atoms with Crippen molar-refractivity contribution in [3.8, 4) is 0 Å². The molecule has 0 saturated carbocycles. The summed E-state index contributed by atoms with van der Waals surface area (Å²) in [6.45, 7) is 4.98. The first-order valence-corrected chi connectivity index (χ1v) is 8.18. The molecule has 2 N–H and O–H groups in total. The van der Waals surface area contributed by atoms with Crippen LogP contribution in [0.15, 0.2) is 23.1 Å². The molecule has 0 unspecified atom stereocenters. The quantitative estimate of drug-likeness (QED) is 0.839. The number of sulfonamides is 1. The lowest BCUT2D eigenvalue weighted by atomic mass is 10.2. The highest BCUT2D eigenvalue weighted by molar-refractivity contribution is 7.90. The van der Waals surface area contributed by atoms with Gasteiger partial charge >= 0.3 is 0 Å². The van der Waals surface area contributed by atoms with E-state index in [9.17, 15) is 18.0 Å². The van der Waals surface area contributed by atoms with Gasteiger partial charge in [0.2, 0.25) is 11.8 Å². The molecule has 6 nitrogen and oxygen atoms in total. The summed E-state index contributed by atoms with van der Waals surface area (Å²) < 4.78 is 26.2. The van der Waals surface area contributed by atoms with Gasteiger partial charge in [-0.25, -0.2) is 13.1 Å². The van der Waals surface area contributed by atoms with Crippen LogP contribution in [-0.2, 0) is 19.6 Å². The van der Waals surface area contributed by atoms with Crippen molar-refractivity contribution in [2.45, 2.75) is 44.9 Å². The molecular weight excluding hydrogens is 292 g/mol. The molecule has 0 fully saturated rings. The fraction of sp³-hybridized carbons (Fsp3) is 0.429. The zero-order valence-electron chi connectivity index (χ0n) is 12.4. The molecule has 116 valence electrons. The molecule has 21 heavy (non-hydrogen) atoms. The van der Waals surface area contributed by atoms with Gasteiger partial charge < -0.3 is 5.32 Å². The van der Waals surface area contributed by atoms with Gasteiger partial charge in [0, 0.05) is 19.0 Å². The van der Waals surface area contributed by atoms with Gasteiger partial charge in [-0.05, 0) is 37.1 Å². The Hall–Kier alpha value is -1.89. The monoisotopic (exact) mass is 312 g/mol. The number of amides is 2. The van der Waals surface area contributed by atoms with E-state index in [2.05, 4.69) is 5.32 Å². The smallest absolute Gasteiger partial charge is 0.264 e. The summed E-state index contributed by atoms with van der Waals surface area (Å²) in [5.41, 5.74) is 1.15. The number of unbranched alkanes of at least 4 members (excludes halogenated alkanes) is 1. The van der Waals surface area contributed by atoms with E-state index in [1.807, 2.05) is 11.6 Å². The van der Waals surface area contributed by atoms with Crippen LogP contribution in [0, 0.1) is 6.92 Å². The molecule has 0 aromatic heterocycles. The second-order valence-corrected chi connectivity index (χ2v) is 6.47. The SMILES string of the molecule is CCCCC(=O)NS(=O)(=O)c1ccc(NC(C)=O)c(C)c1. The lowest BCUT2D eigenvalue weighted by molar-refractivity contribution is -0.119. The highest BCUT2D eigenvalue weighted by atomic mass is 32.2. The number of anilines is 1. The average molecular weight is 312 g/mol. The third-order valence-corrected chi connectivity index (χ3v) is 4.20. The molecule has 0 atom stereocenters. The Morgan fingerprint density at radius 3 is 2.43 bits per heavy atom. The lowest BCUT2D eigenvalue weighted by Gasteiger charge is -2.10. The highest BCUT2D eigenvalue weighted by Gasteiger charge is 2.18. The van der Waals surface area contributed by atoms with E-state index < -0.39 is 15.9 Å². The van der Waals surface area contributed by atoms with E-state index in [1.54, 1.807) is 6.92 Å². The normalized spacial score (nSPS) is 11.0. The molecule has 1 aromatic rings. The van der Waals surface area contributed by atoms with E-state index in [1.165, 1.54) is 25.1 Å². The van der Waals surface area contributed by atoms with E-state index in [0.29, 0.717) is 17.7 Å². The molecule has 0 aliphatic rings. The second-order valence-electron chi connectivity index (χ2n) is 4.79. The van der Waals surface area contributed by atoms with Crippen molar-refractivity contribution in [1.29, 1.82) is 0 Å². The predicted molar refractivity (Wildman–Crippen MR) is 80.3 cm³/mol. The summed E-state index contributed by atoms with van der Waals surface area (Å²) >= 11 is 0. The van der Waals surface area contributed by atoms with E-state index >= 15 is 0 Å². The van der Waals surface area contributed by atoms with E-state index in [-0.39, 0.29) is 17.2 Å². The van der Waals surface area contributed by atoms with Crippen LogP contribution in [0.1, 0.15) is 38.7 Å². The topological polar surface area (TPSA) is 92.3 Å². The first-order chi connectivity index (χ1) is 9.76. The molecule has 0 saturated heterocycles. The second kappa shape index (κ2) is 7.21. The van der Waals surface area contributed by atoms with E-state index in [4.69, 9.17) is 0 Å². The van der Waals surface area contributed by atoms with E-state index in [0.717, 1.165) is 6.42 Å². The summed E-state index contributed by atoms with van der Waals surface area (Å²) in [5.74, 6) is -0.748. The minimum absolute atomic E-state index is 0.000972. The van der Waals surface area contributed by atoms with Gasteiger partial charge in [-0.2, -0.15) is 0 Å². The third-order valence-electron chi connectivity index (χ3n) is 2.82. The van der Waals surface area contributed by atoms with Crippen LogP contribution >= 0.6 is 0 Å². The van der Waals surface area contributed by atoms with Crippen LogP contribution in [0.3, 0.4) is 0 Å². The van der Waals surface area contributed by atoms with Gasteiger partial charge in [-0.15, -0.1) is 0 Å². The molecule has 0 heterocycles. The Balaban J connectivity index is 2.91. The zero-order chi connectivity index (χ0) is 16.0. The zero-order valence-corrected chi connectivity index (χ0v) is 13.2. The summed E-state index contributed by atoms with van der Waals surface area (Å²) in [4.78, 5) is 22.5. The number of rotatable bonds is 6. The van der Waals surface area contributed by atoms with Crippen LogP contribution in [0.25, 0.3) is 0 Å². The summed E-state index contributed by atoms with van der Waals surface area (Å²) in [6, 6.07) is 4.27. The van der Waals surface area contributed by atoms with Gasteiger partial charge in [0.15, 0.2) is 0 Å². The maximum absolute atomic E-state index is 12.1. The van der Waals surface area contributed by atoms with Gasteiger partial charge in [0.05, 0.1) is 4.90 Å². The number of nitrogens with one attached hydrogen (secondary N) is 2. The van der Waals surface area contributed by atoms with Gasteiger partial charge in [-0.1, -0.05) is 13.3 Å². The molecule has 0 spiro atoms. The first kappa shape index (κ1) is 17.2. The predicted octanol–water partition coefficient (Wildman–Crippen LogP) is 1.95. The van der Waals surface area contributed by atoms with Crippen molar-refractivity contribution in [2.24, 2.45) is 0 Å². The van der Waals surface area contributed by atoms with Crippen LogP contribution in [0.5, 0.6) is 0 Å². The van der Waals surface area contributed by atoms with Crippen molar-refractivity contribution in [3.63, 3.8) is 0 Å². The molecule has 7 heteroatoms. The molecule has 0 bridgehead atoms. The minimum atomic E-state index is -3.87. The molecule has 0 aliphatic heterocycles. The molecule has 2 amide bonds. The standard InChI is InChI=1S/C14H20N2O4S/c1-4-5-6-14(18)16-21(19,20)12-7-8-13(10(2)9-12)15-11(3)17/h7-9H,4-6H2,1-3H3,(H,15,17)(H,16,18). The van der Waals surface area contributed by atoms with Crippen molar-refractivity contribution >= 4 is 27.5 Å². The van der Waals surface area contributed by atoms with Gasteiger partial charge in [0.25, 0.3) is 10.0 Å². The van der Waals surface area contributed by atoms with Gasteiger partial charge in [0.1, 0.15) is 0 Å². The molecular formula is C14H20N2O4S. The summed E-state index contributed by atoms with van der Waals surface area (Å²) in [6.07, 6.45) is 1.64. The minimum Gasteiger partial charge on any atom is -0.326 e. The third kappa shape index (κ3) is 5.18. The Bertz CT molecular complexity index is 638. The Kier molecular flexibility index (Phi) is 5.90. The Morgan fingerprint density at radius 1 is 1.24 bits per heavy atom. The molecule has 0 radical (unpaired) electrons. The van der Waals surface area contributed by atoms with Crippen molar-refractivity contribution < 1.29 is 18.0 Å². The van der Waals surface area contributed by atoms with Gasteiger partial charge in [-0.3, -0.25) is 9.59 Å². The fourth-order valence-corrected chi connectivity index (χ4v) is 2.83. The lowest BCUT2D eigenvalue weighted by Crippen LogP contribution is -2.30. The maximum atomic E-state index is 12.1. The Morgan fingerprint density at radius 2 is 1.90 bits per heavy atom. The number of hydrogen-bond acceptors (Lipinski definition) is 4. The number of carbonyl (C=O) groups is 2. The molecule has 1 aromatic carbocycles. The molecule has 0 aliphatic carbocycles. The van der Waals surface area contributed by atoms with Crippen LogP contribution < -0.4 is 10.0 Å². The number of hydrogen-bond donors (Lipinski definition) is 2. The van der Waals surface area contributed by atoms with Crippen LogP contribution in [0.4, 0.5) is 5.69 Å². The maximum Gasteiger partial charge on any atom is 0.264 e. The number of carbonyl (C=O) groups excluding carboxylic acids is 2. The van der Waals surface area contributed by atoms with Crippen molar-refractivity contribution in [3.05, 3.63) is 23.8 Å². The van der Waals surface area contributed by atoms with Crippen LogP contribution in [0.2, 0.25) is 0 Å². The fourth-order valence-electron chi connectivity index (χ4n) is 1.73. The number of aryl methyl sites for hydroxylation is 1. The van der Waals surface area contributed by atoms with Crippen molar-refractivity contribution in [2.75, 3.05) is 5.32 Å².